The van der Waals surface area contributed by atoms with Crippen LogP contribution < -0.4 is 10.6 Å². The van der Waals surface area contributed by atoms with E-state index >= 15 is 0 Å². The summed E-state index contributed by atoms with van der Waals surface area (Å²) in [4.78, 5) is 2.77. The molecule has 0 unspecified atom stereocenters. The summed E-state index contributed by atoms with van der Waals surface area (Å²) in [7, 11) is 0. The van der Waals surface area contributed by atoms with Crippen LogP contribution in [0.5, 0.6) is 0 Å². The molecule has 1 aliphatic heterocycles. The van der Waals surface area contributed by atoms with Gasteiger partial charge in [-0.15, -0.1) is 0 Å². The smallest absolute Gasteiger partial charge is 0.106 e. The van der Waals surface area contributed by atoms with Gasteiger partial charge in [-0.05, 0) is 37.5 Å². The molecular formula is C12H15ClN2S. The maximum atomic E-state index is 6.03. The van der Waals surface area contributed by atoms with Crippen LogP contribution in [0.25, 0.3) is 0 Å². The molecular weight excluding hydrogens is 240 g/mol. The summed E-state index contributed by atoms with van der Waals surface area (Å²) >= 11 is 11.1. The fourth-order valence-corrected chi connectivity index (χ4v) is 2.45. The second-order valence-electron chi connectivity index (χ2n) is 4.07. The van der Waals surface area contributed by atoms with E-state index in [-0.39, 0.29) is 0 Å². The van der Waals surface area contributed by atoms with Crippen molar-refractivity contribution in [3.63, 3.8) is 0 Å². The van der Waals surface area contributed by atoms with Gasteiger partial charge in [-0.3, -0.25) is 0 Å². The first-order chi connectivity index (χ1) is 7.68. The topological polar surface area (TPSA) is 29.3 Å². The van der Waals surface area contributed by atoms with Crippen molar-refractivity contribution in [3.8, 4) is 0 Å². The largest absolute Gasteiger partial charge is 0.389 e. The minimum absolute atomic E-state index is 0.442. The summed E-state index contributed by atoms with van der Waals surface area (Å²) in [6, 6.07) is 5.71. The standard InChI is InChI=1S/C12H15ClN2S/c13-9-4-5-10(12(14)16)11(8-9)15-6-2-1-3-7-15/h4-5,8H,1-3,6-7H2,(H2,14,16). The predicted molar refractivity (Wildman–Crippen MR) is 73.4 cm³/mol. The summed E-state index contributed by atoms with van der Waals surface area (Å²) < 4.78 is 0. The Morgan fingerprint density at radius 3 is 2.56 bits per heavy atom. The number of benzene rings is 1. The van der Waals surface area contributed by atoms with E-state index in [9.17, 15) is 0 Å². The maximum Gasteiger partial charge on any atom is 0.106 e. The minimum atomic E-state index is 0.442. The molecule has 86 valence electrons. The van der Waals surface area contributed by atoms with Gasteiger partial charge in [0.05, 0.1) is 0 Å². The lowest BCUT2D eigenvalue weighted by atomic mass is 10.1. The van der Waals surface area contributed by atoms with Crippen molar-refractivity contribution in [2.45, 2.75) is 19.3 Å². The van der Waals surface area contributed by atoms with Gasteiger partial charge in [0.15, 0.2) is 0 Å². The van der Waals surface area contributed by atoms with E-state index in [1.165, 1.54) is 19.3 Å². The number of piperidine rings is 1. The van der Waals surface area contributed by atoms with Crippen molar-refractivity contribution in [2.24, 2.45) is 5.73 Å². The van der Waals surface area contributed by atoms with Crippen LogP contribution in [0.3, 0.4) is 0 Å². The van der Waals surface area contributed by atoms with E-state index in [2.05, 4.69) is 4.90 Å². The van der Waals surface area contributed by atoms with Crippen LogP contribution in [0.15, 0.2) is 18.2 Å². The van der Waals surface area contributed by atoms with Gasteiger partial charge in [0.25, 0.3) is 0 Å². The van der Waals surface area contributed by atoms with Gasteiger partial charge in [0, 0.05) is 29.4 Å². The van der Waals surface area contributed by atoms with E-state index in [4.69, 9.17) is 29.6 Å². The highest BCUT2D eigenvalue weighted by atomic mass is 35.5. The first-order valence-electron chi connectivity index (χ1n) is 5.53. The summed E-state index contributed by atoms with van der Waals surface area (Å²) in [6.45, 7) is 2.13. The van der Waals surface area contributed by atoms with Crippen molar-refractivity contribution < 1.29 is 0 Å². The molecule has 0 aliphatic carbocycles. The van der Waals surface area contributed by atoms with Crippen LogP contribution in [0.2, 0.25) is 5.02 Å². The van der Waals surface area contributed by atoms with Gasteiger partial charge >= 0.3 is 0 Å². The molecule has 2 nitrogen and oxygen atoms in total. The molecule has 0 amide bonds. The van der Waals surface area contributed by atoms with Crippen molar-refractivity contribution >= 4 is 34.5 Å². The Morgan fingerprint density at radius 2 is 1.94 bits per heavy atom. The lowest BCUT2D eigenvalue weighted by Gasteiger charge is -2.30. The monoisotopic (exact) mass is 254 g/mol. The van der Waals surface area contributed by atoms with Gasteiger partial charge in [-0.1, -0.05) is 23.8 Å². The molecule has 0 bridgehead atoms. The normalized spacial score (nSPS) is 16.2. The van der Waals surface area contributed by atoms with Crippen molar-refractivity contribution in [1.82, 2.24) is 0 Å². The Morgan fingerprint density at radius 1 is 1.25 bits per heavy atom. The van der Waals surface area contributed by atoms with Gasteiger partial charge in [-0.2, -0.15) is 0 Å². The Balaban J connectivity index is 2.36. The highest BCUT2D eigenvalue weighted by Gasteiger charge is 2.15. The molecule has 0 spiro atoms. The summed E-state index contributed by atoms with van der Waals surface area (Å²) in [5, 5.41) is 0.737. The lowest BCUT2D eigenvalue weighted by molar-refractivity contribution is 0.577. The molecule has 1 aliphatic rings. The average molecular weight is 255 g/mol. The number of thiocarbonyl (C=S) groups is 1. The van der Waals surface area contributed by atoms with Crippen LogP contribution in [0.1, 0.15) is 24.8 Å². The van der Waals surface area contributed by atoms with Crippen LogP contribution in [-0.2, 0) is 0 Å². The number of hydrogen-bond donors (Lipinski definition) is 1. The molecule has 16 heavy (non-hydrogen) atoms. The lowest BCUT2D eigenvalue weighted by Crippen LogP contribution is -2.31. The van der Waals surface area contributed by atoms with Gasteiger partial charge in [0.1, 0.15) is 4.99 Å². The molecule has 0 saturated carbocycles. The zero-order chi connectivity index (χ0) is 11.5. The third-order valence-electron chi connectivity index (χ3n) is 2.92. The van der Waals surface area contributed by atoms with E-state index < -0.39 is 0 Å². The van der Waals surface area contributed by atoms with Crippen LogP contribution in [0, 0.1) is 0 Å². The third-order valence-corrected chi connectivity index (χ3v) is 3.38. The molecule has 0 radical (unpaired) electrons. The fourth-order valence-electron chi connectivity index (χ4n) is 2.11. The summed E-state index contributed by atoms with van der Waals surface area (Å²) in [5.74, 6) is 0. The predicted octanol–water partition coefficient (Wildman–Crippen LogP) is 2.96. The highest BCUT2D eigenvalue weighted by Crippen LogP contribution is 2.27. The Hall–Kier alpha value is -0.800. The number of hydrogen-bond acceptors (Lipinski definition) is 2. The summed E-state index contributed by atoms with van der Waals surface area (Å²) in [6.07, 6.45) is 3.76. The third kappa shape index (κ3) is 2.47. The molecule has 1 saturated heterocycles. The molecule has 2 N–H and O–H groups in total. The molecule has 1 aromatic carbocycles. The number of nitrogens with zero attached hydrogens (tertiary/aromatic N) is 1. The van der Waals surface area contributed by atoms with E-state index in [0.717, 1.165) is 29.4 Å². The van der Waals surface area contributed by atoms with Gasteiger partial charge in [-0.25, -0.2) is 0 Å². The first-order valence-corrected chi connectivity index (χ1v) is 6.31. The van der Waals surface area contributed by atoms with Crippen LogP contribution in [0.4, 0.5) is 5.69 Å². The van der Waals surface area contributed by atoms with Crippen molar-refractivity contribution in [3.05, 3.63) is 28.8 Å². The second kappa shape index (κ2) is 5.02. The number of rotatable bonds is 2. The summed E-state index contributed by atoms with van der Waals surface area (Å²) in [5.41, 5.74) is 7.75. The molecule has 1 aromatic rings. The molecule has 0 atom stereocenters. The second-order valence-corrected chi connectivity index (χ2v) is 4.95. The van der Waals surface area contributed by atoms with E-state index in [1.54, 1.807) is 0 Å². The Bertz CT molecular complexity index is 400. The number of anilines is 1. The van der Waals surface area contributed by atoms with Gasteiger partial charge < -0.3 is 10.6 Å². The SMILES string of the molecule is NC(=S)c1ccc(Cl)cc1N1CCCCC1. The minimum Gasteiger partial charge on any atom is -0.389 e. The van der Waals surface area contributed by atoms with Crippen molar-refractivity contribution in [1.29, 1.82) is 0 Å². The van der Waals surface area contributed by atoms with Crippen molar-refractivity contribution in [2.75, 3.05) is 18.0 Å². The molecule has 2 rings (SSSR count). The van der Waals surface area contributed by atoms with Crippen LogP contribution in [-0.4, -0.2) is 18.1 Å². The zero-order valence-electron chi connectivity index (χ0n) is 9.08. The Kier molecular flexibility index (Phi) is 3.66. The van der Waals surface area contributed by atoms with E-state index in [1.807, 2.05) is 18.2 Å². The first kappa shape index (κ1) is 11.7. The van der Waals surface area contributed by atoms with E-state index in [0.29, 0.717) is 4.99 Å². The molecule has 4 heteroatoms. The maximum absolute atomic E-state index is 6.03. The highest BCUT2D eigenvalue weighted by molar-refractivity contribution is 7.80. The molecule has 1 fully saturated rings. The fraction of sp³-hybridized carbons (Fsp3) is 0.417. The Labute approximate surface area is 106 Å². The van der Waals surface area contributed by atoms with Gasteiger partial charge in [0.2, 0.25) is 0 Å². The molecule has 1 heterocycles. The van der Waals surface area contributed by atoms with Crippen LogP contribution >= 0.6 is 23.8 Å². The zero-order valence-corrected chi connectivity index (χ0v) is 10.7. The number of halogens is 1. The average Bonchev–Trinajstić information content (AvgIpc) is 2.29. The number of nitrogens with two attached hydrogens (primary N) is 1. The molecule has 0 aromatic heterocycles. The quantitative estimate of drug-likeness (QED) is 0.823.